The lowest BCUT2D eigenvalue weighted by atomic mass is 10.0. The van der Waals surface area contributed by atoms with Gasteiger partial charge in [0.1, 0.15) is 0 Å². The van der Waals surface area contributed by atoms with Gasteiger partial charge in [0.05, 0.1) is 0 Å². The summed E-state index contributed by atoms with van der Waals surface area (Å²) in [6, 6.07) is 8.67. The number of nitrogens with zero attached hydrogens (tertiary/aromatic N) is 1. The van der Waals surface area contributed by atoms with E-state index in [1.165, 1.54) is 11.1 Å². The Morgan fingerprint density at radius 3 is 2.79 bits per heavy atom. The summed E-state index contributed by atoms with van der Waals surface area (Å²) in [5.74, 6) is 0.689. The number of likely N-dealkylation sites (tertiary alicyclic amines) is 1. The Labute approximate surface area is 116 Å². The van der Waals surface area contributed by atoms with Gasteiger partial charge < -0.3 is 5.32 Å². The fourth-order valence-electron chi connectivity index (χ4n) is 2.88. The summed E-state index contributed by atoms with van der Waals surface area (Å²) in [5, 5.41) is 2.72. The predicted octanol–water partition coefficient (Wildman–Crippen LogP) is 2.21. The minimum atomic E-state index is 0.167. The minimum absolute atomic E-state index is 0.167. The smallest absolute Gasteiger partial charge is 0.220 e. The fourth-order valence-corrected chi connectivity index (χ4v) is 2.88. The van der Waals surface area contributed by atoms with Gasteiger partial charge in [-0.2, -0.15) is 0 Å². The van der Waals surface area contributed by atoms with Crippen molar-refractivity contribution in [3.8, 4) is 0 Å². The number of amides is 1. The zero-order valence-corrected chi connectivity index (χ0v) is 12.0. The first-order chi connectivity index (χ1) is 9.22. The third-order valence-corrected chi connectivity index (χ3v) is 4.02. The Morgan fingerprint density at radius 1 is 1.37 bits per heavy atom. The molecule has 1 N–H and O–H groups in total. The van der Waals surface area contributed by atoms with Gasteiger partial charge in [-0.1, -0.05) is 31.2 Å². The zero-order chi connectivity index (χ0) is 13.7. The van der Waals surface area contributed by atoms with Crippen LogP contribution >= 0.6 is 0 Å². The van der Waals surface area contributed by atoms with Crippen molar-refractivity contribution in [2.24, 2.45) is 5.92 Å². The maximum atomic E-state index is 11.4. The van der Waals surface area contributed by atoms with Crippen LogP contribution in [0.3, 0.4) is 0 Å². The highest BCUT2D eigenvalue weighted by molar-refractivity contribution is 5.75. The zero-order valence-electron chi connectivity index (χ0n) is 12.0. The Balaban J connectivity index is 1.89. The first kappa shape index (κ1) is 14.1. The van der Waals surface area contributed by atoms with Crippen LogP contribution in [-0.2, 0) is 17.8 Å². The van der Waals surface area contributed by atoms with Crippen LogP contribution in [0.2, 0.25) is 0 Å². The number of nitrogens with one attached hydrogen (secondary N) is 1. The van der Waals surface area contributed by atoms with Crippen molar-refractivity contribution in [3.63, 3.8) is 0 Å². The van der Waals surface area contributed by atoms with Crippen molar-refractivity contribution < 1.29 is 4.79 Å². The van der Waals surface area contributed by atoms with E-state index < -0.39 is 0 Å². The molecule has 0 spiro atoms. The summed E-state index contributed by atoms with van der Waals surface area (Å²) in [6.45, 7) is 5.39. The van der Waals surface area contributed by atoms with Crippen molar-refractivity contribution >= 4 is 5.91 Å². The molecular formula is C16H24N2O. The molecule has 0 bridgehead atoms. The number of carbonyl (C=O) groups is 1. The number of hydrogen-bond donors (Lipinski definition) is 1. The van der Waals surface area contributed by atoms with Crippen LogP contribution in [0.25, 0.3) is 0 Å². The Kier molecular flexibility index (Phi) is 4.97. The predicted molar refractivity (Wildman–Crippen MR) is 77.9 cm³/mol. The summed E-state index contributed by atoms with van der Waals surface area (Å²) in [4.78, 5) is 13.9. The summed E-state index contributed by atoms with van der Waals surface area (Å²) in [6.07, 6.45) is 2.90. The van der Waals surface area contributed by atoms with E-state index in [0.29, 0.717) is 12.3 Å². The van der Waals surface area contributed by atoms with E-state index in [1.807, 2.05) is 0 Å². The average molecular weight is 260 g/mol. The molecule has 1 fully saturated rings. The Bertz CT molecular complexity index is 431. The summed E-state index contributed by atoms with van der Waals surface area (Å²) >= 11 is 0. The van der Waals surface area contributed by atoms with E-state index in [-0.39, 0.29) is 5.91 Å². The number of aryl methyl sites for hydroxylation is 1. The summed E-state index contributed by atoms with van der Waals surface area (Å²) in [5.41, 5.74) is 2.88. The van der Waals surface area contributed by atoms with Crippen molar-refractivity contribution in [3.05, 3.63) is 35.4 Å². The van der Waals surface area contributed by atoms with Crippen molar-refractivity contribution in [1.29, 1.82) is 0 Å². The normalized spacial score (nSPS) is 19.6. The van der Waals surface area contributed by atoms with Crippen LogP contribution < -0.4 is 5.32 Å². The second-order valence-electron chi connectivity index (χ2n) is 5.39. The molecule has 1 aromatic rings. The lowest BCUT2D eigenvalue weighted by Gasteiger charge is -2.18. The molecule has 0 aliphatic carbocycles. The second-order valence-corrected chi connectivity index (χ2v) is 5.39. The molecule has 0 saturated carbocycles. The van der Waals surface area contributed by atoms with Gasteiger partial charge >= 0.3 is 0 Å². The third-order valence-electron chi connectivity index (χ3n) is 4.02. The van der Waals surface area contributed by atoms with Crippen molar-refractivity contribution in [1.82, 2.24) is 10.2 Å². The highest BCUT2D eigenvalue weighted by Crippen LogP contribution is 2.22. The molecule has 1 aliphatic rings. The van der Waals surface area contributed by atoms with E-state index in [1.54, 1.807) is 7.05 Å². The van der Waals surface area contributed by atoms with Gasteiger partial charge in [0.25, 0.3) is 0 Å². The largest absolute Gasteiger partial charge is 0.359 e. The average Bonchev–Trinajstić information content (AvgIpc) is 2.86. The van der Waals surface area contributed by atoms with Gasteiger partial charge in [-0.05, 0) is 36.4 Å². The molecular weight excluding hydrogens is 236 g/mol. The minimum Gasteiger partial charge on any atom is -0.359 e. The Hall–Kier alpha value is -1.35. The van der Waals surface area contributed by atoms with E-state index in [0.717, 1.165) is 32.5 Å². The molecule has 19 heavy (non-hydrogen) atoms. The van der Waals surface area contributed by atoms with Crippen molar-refractivity contribution in [2.75, 3.05) is 20.1 Å². The van der Waals surface area contributed by atoms with Crippen LogP contribution in [0.4, 0.5) is 0 Å². The van der Waals surface area contributed by atoms with E-state index >= 15 is 0 Å². The lowest BCUT2D eigenvalue weighted by Crippen LogP contribution is -2.24. The van der Waals surface area contributed by atoms with Gasteiger partial charge in [0.2, 0.25) is 5.91 Å². The van der Waals surface area contributed by atoms with E-state index in [2.05, 4.69) is 41.4 Å². The summed E-state index contributed by atoms with van der Waals surface area (Å²) < 4.78 is 0. The molecule has 1 aromatic carbocycles. The first-order valence-electron chi connectivity index (χ1n) is 7.22. The molecule has 1 atom stereocenters. The monoisotopic (exact) mass is 260 g/mol. The van der Waals surface area contributed by atoms with Crippen molar-refractivity contribution in [2.45, 2.75) is 32.7 Å². The van der Waals surface area contributed by atoms with Gasteiger partial charge in [0.15, 0.2) is 0 Å². The molecule has 3 nitrogen and oxygen atoms in total. The molecule has 0 unspecified atom stereocenters. The molecule has 104 valence electrons. The first-order valence-corrected chi connectivity index (χ1v) is 7.22. The standard InChI is InChI=1S/C16H24N2O/c1-3-14-6-4-5-7-15(14)12-18-9-8-13(11-18)10-16(19)17-2/h4-7,13H,3,8-12H2,1-2H3,(H,17,19)/t13-/m0/s1. The number of carbonyl (C=O) groups excluding carboxylic acids is 1. The quantitative estimate of drug-likeness (QED) is 0.880. The van der Waals surface area contributed by atoms with Crippen LogP contribution in [0, 0.1) is 5.92 Å². The van der Waals surface area contributed by atoms with E-state index in [4.69, 9.17) is 0 Å². The highest BCUT2D eigenvalue weighted by Gasteiger charge is 2.24. The molecule has 1 aliphatic heterocycles. The third kappa shape index (κ3) is 3.80. The molecule has 1 saturated heterocycles. The molecule has 0 aromatic heterocycles. The molecule has 2 rings (SSSR count). The van der Waals surface area contributed by atoms with Crippen LogP contribution in [0.1, 0.15) is 30.9 Å². The molecule has 0 radical (unpaired) electrons. The highest BCUT2D eigenvalue weighted by atomic mass is 16.1. The molecule has 3 heteroatoms. The van der Waals surface area contributed by atoms with Gasteiger partial charge in [-0.15, -0.1) is 0 Å². The Morgan fingerprint density at radius 2 is 2.11 bits per heavy atom. The summed E-state index contributed by atoms with van der Waals surface area (Å²) in [7, 11) is 1.71. The van der Waals surface area contributed by atoms with Crippen LogP contribution in [-0.4, -0.2) is 30.9 Å². The van der Waals surface area contributed by atoms with Gasteiger partial charge in [0, 0.05) is 26.6 Å². The lowest BCUT2D eigenvalue weighted by molar-refractivity contribution is -0.121. The topological polar surface area (TPSA) is 32.3 Å². The van der Waals surface area contributed by atoms with Gasteiger partial charge in [-0.3, -0.25) is 9.69 Å². The molecule has 1 heterocycles. The second kappa shape index (κ2) is 6.71. The molecule has 1 amide bonds. The number of benzene rings is 1. The van der Waals surface area contributed by atoms with Crippen LogP contribution in [0.15, 0.2) is 24.3 Å². The van der Waals surface area contributed by atoms with Gasteiger partial charge in [-0.25, -0.2) is 0 Å². The maximum absolute atomic E-state index is 11.4. The van der Waals surface area contributed by atoms with Crippen LogP contribution in [0.5, 0.6) is 0 Å². The van der Waals surface area contributed by atoms with E-state index in [9.17, 15) is 4.79 Å². The SMILES string of the molecule is CCc1ccccc1CN1CC[C@@H](CC(=O)NC)C1. The fraction of sp³-hybridized carbons (Fsp3) is 0.562. The number of hydrogen-bond acceptors (Lipinski definition) is 2. The number of rotatable bonds is 5. The maximum Gasteiger partial charge on any atom is 0.220 e.